The van der Waals surface area contributed by atoms with Gasteiger partial charge in [0.25, 0.3) is 0 Å². The van der Waals surface area contributed by atoms with E-state index < -0.39 is 16.8 Å². The fraction of sp³-hybridized carbons (Fsp3) is 0.562. The molecule has 1 N–H and O–H groups in total. The number of anilines is 1. The van der Waals surface area contributed by atoms with E-state index in [1.54, 1.807) is 6.92 Å². The lowest BCUT2D eigenvalue weighted by atomic mass is 10.1. The van der Waals surface area contributed by atoms with Crippen LogP contribution in [0, 0.1) is 6.92 Å². The van der Waals surface area contributed by atoms with Gasteiger partial charge in [0.1, 0.15) is 12.6 Å². The van der Waals surface area contributed by atoms with Crippen molar-refractivity contribution in [2.75, 3.05) is 23.4 Å². The first-order chi connectivity index (χ1) is 9.99. The van der Waals surface area contributed by atoms with Gasteiger partial charge in [0.2, 0.25) is 0 Å². The van der Waals surface area contributed by atoms with Gasteiger partial charge >= 0.3 is 5.97 Å². The summed E-state index contributed by atoms with van der Waals surface area (Å²) in [5.74, 6) is 0.682. The lowest BCUT2D eigenvalue weighted by Crippen LogP contribution is -2.30. The summed E-state index contributed by atoms with van der Waals surface area (Å²) in [5.41, 5.74) is 3.30. The molecule has 0 amide bonds. The number of carbonyl (C=O) groups excluding carboxylic acids is 1. The maximum atomic E-state index is 11.9. The third kappa shape index (κ3) is 5.50. The Hall–Kier alpha value is -1.36. The number of rotatable bonds is 8. The van der Waals surface area contributed by atoms with Crippen LogP contribution in [0.3, 0.4) is 0 Å². The second kappa shape index (κ2) is 8.82. The molecular weight excluding hydrogens is 286 g/mol. The van der Waals surface area contributed by atoms with Crippen LogP contribution < -0.4 is 5.32 Å². The predicted molar refractivity (Wildman–Crippen MR) is 88.2 cm³/mol. The van der Waals surface area contributed by atoms with Crippen molar-refractivity contribution < 1.29 is 13.7 Å². The number of hydrogen-bond acceptors (Lipinski definition) is 4. The van der Waals surface area contributed by atoms with E-state index in [1.165, 1.54) is 5.56 Å². The Morgan fingerprint density at radius 3 is 2.71 bits per heavy atom. The maximum absolute atomic E-state index is 11.9. The van der Waals surface area contributed by atoms with Gasteiger partial charge in [-0.05, 0) is 31.4 Å². The number of benzene rings is 1. The topological polar surface area (TPSA) is 55.4 Å². The Balaban J connectivity index is 2.58. The zero-order chi connectivity index (χ0) is 15.8. The molecule has 0 aromatic heterocycles. The molecule has 0 spiro atoms. The Morgan fingerprint density at radius 2 is 2.10 bits per heavy atom. The number of nitrogens with one attached hydrogen (secondary N) is 1. The van der Waals surface area contributed by atoms with Crippen LogP contribution in [0.4, 0.5) is 5.69 Å². The van der Waals surface area contributed by atoms with Crippen LogP contribution in [-0.2, 0) is 26.8 Å². The molecule has 0 radical (unpaired) electrons. The van der Waals surface area contributed by atoms with Crippen molar-refractivity contribution >= 4 is 22.5 Å². The van der Waals surface area contributed by atoms with Crippen LogP contribution >= 0.6 is 0 Å². The molecule has 0 fully saturated rings. The largest absolute Gasteiger partial charge is 0.463 e. The van der Waals surface area contributed by atoms with Gasteiger partial charge in [-0.2, -0.15) is 0 Å². The van der Waals surface area contributed by atoms with Gasteiger partial charge in [0, 0.05) is 22.2 Å². The highest BCUT2D eigenvalue weighted by Crippen LogP contribution is 2.22. The molecule has 1 aromatic carbocycles. The molecule has 118 valence electrons. The van der Waals surface area contributed by atoms with Crippen molar-refractivity contribution in [2.24, 2.45) is 0 Å². The van der Waals surface area contributed by atoms with Crippen molar-refractivity contribution in [3.63, 3.8) is 0 Å². The van der Waals surface area contributed by atoms with E-state index in [1.807, 2.05) is 26.0 Å². The van der Waals surface area contributed by atoms with E-state index in [-0.39, 0.29) is 12.6 Å². The summed E-state index contributed by atoms with van der Waals surface area (Å²) in [6.07, 6.45) is 0.904. The zero-order valence-corrected chi connectivity index (χ0v) is 14.1. The molecule has 0 saturated carbocycles. The van der Waals surface area contributed by atoms with Gasteiger partial charge in [0.15, 0.2) is 0 Å². The summed E-state index contributed by atoms with van der Waals surface area (Å²) in [5, 5.41) is 3.23. The third-order valence-corrected chi connectivity index (χ3v) is 4.60. The number of aryl methyl sites for hydroxylation is 2. The summed E-state index contributed by atoms with van der Waals surface area (Å²) < 4.78 is 16.5. The zero-order valence-electron chi connectivity index (χ0n) is 13.3. The van der Waals surface area contributed by atoms with Gasteiger partial charge < -0.3 is 10.1 Å². The summed E-state index contributed by atoms with van der Waals surface area (Å²) in [6.45, 7) is 7.95. The van der Waals surface area contributed by atoms with Crippen molar-refractivity contribution in [1.29, 1.82) is 0 Å². The second-order valence-electron chi connectivity index (χ2n) is 4.93. The number of carbonyl (C=O) groups is 1. The molecule has 4 nitrogen and oxygen atoms in total. The predicted octanol–water partition coefficient (Wildman–Crippen LogP) is 2.67. The van der Waals surface area contributed by atoms with Gasteiger partial charge in [-0.25, -0.2) is 4.79 Å². The van der Waals surface area contributed by atoms with E-state index in [2.05, 4.69) is 18.3 Å². The third-order valence-electron chi connectivity index (χ3n) is 3.33. The molecule has 1 unspecified atom stereocenters. The fourth-order valence-corrected chi connectivity index (χ4v) is 2.57. The molecule has 0 aliphatic carbocycles. The molecule has 0 saturated heterocycles. The van der Waals surface area contributed by atoms with Crippen LogP contribution in [-0.4, -0.2) is 34.3 Å². The average molecular weight is 311 g/mol. The Morgan fingerprint density at radius 1 is 1.38 bits per heavy atom. The Labute approximate surface area is 129 Å². The van der Waals surface area contributed by atoms with Crippen LogP contribution in [0.25, 0.3) is 0 Å². The Kier molecular flexibility index (Phi) is 7.43. The summed E-state index contributed by atoms with van der Waals surface area (Å²) >= 11 is 0. The minimum atomic E-state index is -0.901. The maximum Gasteiger partial charge on any atom is 0.328 e. The van der Waals surface area contributed by atoms with Crippen molar-refractivity contribution in [3.8, 4) is 0 Å². The van der Waals surface area contributed by atoms with Gasteiger partial charge in [-0.3, -0.25) is 4.21 Å². The minimum absolute atomic E-state index is 0.208. The van der Waals surface area contributed by atoms with E-state index in [0.29, 0.717) is 11.5 Å². The molecule has 1 rings (SSSR count). The van der Waals surface area contributed by atoms with E-state index >= 15 is 0 Å². The van der Waals surface area contributed by atoms with E-state index in [0.717, 1.165) is 17.7 Å². The standard InChI is InChI=1S/C16H25NO3S/c1-5-14-9-7-8-12(3)15(14)17-13(4)16(18)20-10-11-21(19)6-2/h7-9,13,17H,5-6,10-11H2,1-4H3/t13-,21?/m0/s1. The first kappa shape index (κ1) is 17.7. The summed E-state index contributed by atoms with van der Waals surface area (Å²) in [6, 6.07) is 5.66. The normalized spacial score (nSPS) is 13.5. The molecule has 5 heteroatoms. The highest BCUT2D eigenvalue weighted by Gasteiger charge is 2.16. The quantitative estimate of drug-likeness (QED) is 0.750. The highest BCUT2D eigenvalue weighted by molar-refractivity contribution is 7.84. The molecule has 0 aliphatic rings. The van der Waals surface area contributed by atoms with E-state index in [4.69, 9.17) is 4.74 Å². The van der Waals surface area contributed by atoms with Crippen LogP contribution in [0.1, 0.15) is 31.9 Å². The van der Waals surface area contributed by atoms with E-state index in [9.17, 15) is 9.00 Å². The lowest BCUT2D eigenvalue weighted by Gasteiger charge is -2.18. The Bertz CT molecular complexity index is 502. The fourth-order valence-electron chi connectivity index (χ4n) is 2.01. The molecule has 0 aliphatic heterocycles. The average Bonchev–Trinajstić information content (AvgIpc) is 2.48. The summed E-state index contributed by atoms with van der Waals surface area (Å²) in [4.78, 5) is 11.9. The molecule has 0 bridgehead atoms. The van der Waals surface area contributed by atoms with Crippen LogP contribution in [0.2, 0.25) is 0 Å². The lowest BCUT2D eigenvalue weighted by molar-refractivity contribution is -0.143. The van der Waals surface area contributed by atoms with Crippen molar-refractivity contribution in [3.05, 3.63) is 29.3 Å². The molecule has 21 heavy (non-hydrogen) atoms. The first-order valence-electron chi connectivity index (χ1n) is 7.36. The molecule has 2 atom stereocenters. The van der Waals surface area contributed by atoms with Crippen LogP contribution in [0.15, 0.2) is 18.2 Å². The van der Waals surface area contributed by atoms with Crippen molar-refractivity contribution in [2.45, 2.75) is 40.2 Å². The monoisotopic (exact) mass is 311 g/mol. The smallest absolute Gasteiger partial charge is 0.328 e. The van der Waals surface area contributed by atoms with Gasteiger partial charge in [-0.1, -0.05) is 32.0 Å². The highest BCUT2D eigenvalue weighted by atomic mass is 32.2. The molecular formula is C16H25NO3S. The number of para-hydroxylation sites is 1. The van der Waals surface area contributed by atoms with Crippen LogP contribution in [0.5, 0.6) is 0 Å². The summed E-state index contributed by atoms with van der Waals surface area (Å²) in [7, 11) is -0.901. The number of ether oxygens (including phenoxy) is 1. The minimum Gasteiger partial charge on any atom is -0.463 e. The second-order valence-corrected chi connectivity index (χ2v) is 6.79. The van der Waals surface area contributed by atoms with Gasteiger partial charge in [-0.15, -0.1) is 0 Å². The van der Waals surface area contributed by atoms with Crippen molar-refractivity contribution in [1.82, 2.24) is 0 Å². The number of esters is 1. The first-order valence-corrected chi connectivity index (χ1v) is 8.85. The number of hydrogen-bond donors (Lipinski definition) is 1. The molecule has 0 heterocycles. The molecule has 1 aromatic rings. The SMILES string of the molecule is CCc1cccc(C)c1N[C@@H](C)C(=O)OCCS(=O)CC. The van der Waals surface area contributed by atoms with Gasteiger partial charge in [0.05, 0.1) is 5.75 Å².